The number of nitrogens with one attached hydrogen (secondary N) is 1. The van der Waals surface area contributed by atoms with E-state index in [4.69, 9.17) is 0 Å². The molecule has 4 atom stereocenters. The van der Waals surface area contributed by atoms with E-state index in [0.717, 1.165) is 39.0 Å². The van der Waals surface area contributed by atoms with Crippen LogP contribution in [-0.2, 0) is 16.4 Å². The number of rotatable bonds is 6. The van der Waals surface area contributed by atoms with Gasteiger partial charge in [0.1, 0.15) is 4.21 Å². The zero-order chi connectivity index (χ0) is 19.1. The largest absolute Gasteiger partial charge is 0.371 e. The fourth-order valence-corrected chi connectivity index (χ4v) is 7.35. The van der Waals surface area contributed by atoms with E-state index in [0.29, 0.717) is 28.6 Å². The molecule has 5 heterocycles. The highest BCUT2D eigenvalue weighted by atomic mass is 32.2. The lowest BCUT2D eigenvalue weighted by molar-refractivity contribution is 0.00671. The number of fused-ring (bicyclic) bond motifs is 4. The highest BCUT2D eigenvalue weighted by molar-refractivity contribution is 7.91. The van der Waals surface area contributed by atoms with Crippen LogP contribution in [0.1, 0.15) is 18.4 Å². The van der Waals surface area contributed by atoms with Crippen LogP contribution in [0.4, 0.5) is 5.69 Å². The third-order valence-electron chi connectivity index (χ3n) is 6.72. The van der Waals surface area contributed by atoms with E-state index in [-0.39, 0.29) is 0 Å². The lowest BCUT2D eigenvalue weighted by Crippen LogP contribution is -2.58. The van der Waals surface area contributed by atoms with Crippen LogP contribution >= 0.6 is 11.3 Å². The number of sulfonamides is 1. The number of piperidine rings is 3. The van der Waals surface area contributed by atoms with E-state index in [1.807, 2.05) is 5.38 Å². The number of benzene rings is 1. The molecule has 150 valence electrons. The molecule has 3 fully saturated rings. The molecule has 2 bridgehead atoms. The molecule has 3 saturated heterocycles. The summed E-state index contributed by atoms with van der Waals surface area (Å²) in [5, 5.41) is 1.81. The first-order chi connectivity index (χ1) is 13.6. The molecule has 0 spiro atoms. The van der Waals surface area contributed by atoms with Gasteiger partial charge in [-0.15, -0.1) is 11.3 Å². The average Bonchev–Trinajstić information content (AvgIpc) is 3.39. The zero-order valence-corrected chi connectivity index (χ0v) is 17.6. The predicted octanol–water partition coefficient (Wildman–Crippen LogP) is 2.80. The first-order valence-corrected chi connectivity index (χ1v) is 12.6. The van der Waals surface area contributed by atoms with Gasteiger partial charge in [-0.1, -0.05) is 24.3 Å². The third kappa shape index (κ3) is 3.49. The van der Waals surface area contributed by atoms with E-state index in [1.54, 1.807) is 12.1 Å². The van der Waals surface area contributed by atoms with E-state index in [9.17, 15) is 8.42 Å². The van der Waals surface area contributed by atoms with Crippen LogP contribution < -0.4 is 9.62 Å². The first kappa shape index (κ1) is 18.6. The van der Waals surface area contributed by atoms with Gasteiger partial charge in [0.15, 0.2) is 0 Å². The Morgan fingerprint density at radius 2 is 2.04 bits per heavy atom. The molecular weight excluding hydrogens is 390 g/mol. The van der Waals surface area contributed by atoms with Gasteiger partial charge >= 0.3 is 0 Å². The first-order valence-electron chi connectivity index (χ1n) is 10.2. The second kappa shape index (κ2) is 7.44. The number of thiophene rings is 1. The maximum atomic E-state index is 12.4. The van der Waals surface area contributed by atoms with Crippen LogP contribution in [0, 0.1) is 11.8 Å². The van der Waals surface area contributed by atoms with Gasteiger partial charge in [-0.2, -0.15) is 0 Å². The van der Waals surface area contributed by atoms with Gasteiger partial charge in [-0.25, -0.2) is 13.1 Å². The monoisotopic (exact) mass is 417 g/mol. The van der Waals surface area contributed by atoms with Crippen molar-refractivity contribution in [2.24, 2.45) is 11.8 Å². The van der Waals surface area contributed by atoms with Gasteiger partial charge in [0, 0.05) is 37.9 Å². The van der Waals surface area contributed by atoms with Crippen LogP contribution in [0.25, 0.3) is 0 Å². The van der Waals surface area contributed by atoms with Crippen molar-refractivity contribution in [2.75, 3.05) is 37.6 Å². The maximum absolute atomic E-state index is 12.4. The molecule has 0 amide bonds. The van der Waals surface area contributed by atoms with Crippen LogP contribution in [-0.4, -0.2) is 52.1 Å². The van der Waals surface area contributed by atoms with Crippen LogP contribution in [0.5, 0.6) is 0 Å². The lowest BCUT2D eigenvalue weighted by atomic mass is 9.75. The zero-order valence-electron chi connectivity index (χ0n) is 16.0. The molecule has 1 aromatic heterocycles. The summed E-state index contributed by atoms with van der Waals surface area (Å²) in [6, 6.07) is 12.6. The highest BCUT2D eigenvalue weighted by Crippen LogP contribution is 2.38. The summed E-state index contributed by atoms with van der Waals surface area (Å²) < 4.78 is 28.1. The van der Waals surface area contributed by atoms with Crippen molar-refractivity contribution in [2.45, 2.75) is 29.5 Å². The van der Waals surface area contributed by atoms with Crippen LogP contribution in [0.3, 0.4) is 0 Å². The van der Waals surface area contributed by atoms with E-state index >= 15 is 0 Å². The molecule has 1 aromatic carbocycles. The molecule has 4 aliphatic heterocycles. The van der Waals surface area contributed by atoms with Crippen molar-refractivity contribution in [1.29, 1.82) is 0 Å². The lowest BCUT2D eigenvalue weighted by Gasteiger charge is -2.50. The van der Waals surface area contributed by atoms with Gasteiger partial charge in [0.05, 0.1) is 0 Å². The van der Waals surface area contributed by atoms with E-state index in [1.165, 1.54) is 29.0 Å². The topological polar surface area (TPSA) is 52.7 Å². The minimum atomic E-state index is -3.37. The summed E-state index contributed by atoms with van der Waals surface area (Å²) in [7, 11) is -3.37. The summed E-state index contributed by atoms with van der Waals surface area (Å²) in [6.07, 6.45) is 3.51. The molecule has 2 aromatic rings. The Morgan fingerprint density at radius 1 is 1.14 bits per heavy atom. The fraction of sp³-hybridized carbons (Fsp3) is 0.524. The van der Waals surface area contributed by atoms with Crippen molar-refractivity contribution in [3.05, 3.63) is 47.3 Å². The second-order valence-electron chi connectivity index (χ2n) is 8.30. The van der Waals surface area contributed by atoms with Gasteiger partial charge < -0.3 is 4.90 Å². The van der Waals surface area contributed by atoms with Crippen molar-refractivity contribution in [1.82, 2.24) is 9.62 Å². The van der Waals surface area contributed by atoms with Crippen molar-refractivity contribution in [3.63, 3.8) is 0 Å². The third-order valence-corrected chi connectivity index (χ3v) is 9.54. The molecule has 7 heteroatoms. The summed E-state index contributed by atoms with van der Waals surface area (Å²) in [6.45, 7) is 4.98. The van der Waals surface area contributed by atoms with Gasteiger partial charge in [-0.3, -0.25) is 4.90 Å². The van der Waals surface area contributed by atoms with Crippen molar-refractivity contribution < 1.29 is 8.42 Å². The SMILES string of the molecule is O=S(=O)(NCC1CC2CCN1CC2CN1CCc2ccccc21)c1cccs1. The maximum Gasteiger partial charge on any atom is 0.250 e. The Morgan fingerprint density at radius 3 is 2.82 bits per heavy atom. The summed E-state index contributed by atoms with van der Waals surface area (Å²) in [5.41, 5.74) is 2.89. The number of nitrogens with zero attached hydrogens (tertiary/aromatic N) is 2. The summed E-state index contributed by atoms with van der Waals surface area (Å²) >= 11 is 1.27. The van der Waals surface area contributed by atoms with E-state index in [2.05, 4.69) is 38.8 Å². The number of anilines is 1. The molecule has 0 radical (unpaired) electrons. The Labute approximate surface area is 171 Å². The summed E-state index contributed by atoms with van der Waals surface area (Å²) in [5.74, 6) is 1.39. The Hall–Kier alpha value is -1.41. The molecule has 0 saturated carbocycles. The fourth-order valence-electron chi connectivity index (χ4n) is 5.24. The molecule has 28 heavy (non-hydrogen) atoms. The van der Waals surface area contributed by atoms with Gasteiger partial charge in [-0.05, 0) is 60.7 Å². The summed E-state index contributed by atoms with van der Waals surface area (Å²) in [4.78, 5) is 5.08. The molecule has 0 aliphatic carbocycles. The van der Waals surface area contributed by atoms with Crippen molar-refractivity contribution in [3.8, 4) is 0 Å². The second-order valence-corrected chi connectivity index (χ2v) is 11.2. The normalized spacial score (nSPS) is 29.2. The highest BCUT2D eigenvalue weighted by Gasteiger charge is 2.41. The quantitative estimate of drug-likeness (QED) is 0.785. The number of hydrogen-bond donors (Lipinski definition) is 1. The molecule has 4 aliphatic rings. The molecule has 4 unspecified atom stereocenters. The smallest absolute Gasteiger partial charge is 0.250 e. The average molecular weight is 418 g/mol. The molecule has 6 rings (SSSR count). The molecule has 1 N–H and O–H groups in total. The Balaban J connectivity index is 1.20. The standard InChI is InChI=1S/C21H27N3O2S2/c25-28(26,21-6-3-11-27-21)22-13-19-12-17-8-9-23(19)14-18(17)15-24-10-7-16-4-1-2-5-20(16)24/h1-6,11,17-19,22H,7-10,12-15H2. The molecular formula is C21H27N3O2S2. The van der Waals surface area contributed by atoms with E-state index < -0.39 is 10.0 Å². The van der Waals surface area contributed by atoms with Gasteiger partial charge in [0.2, 0.25) is 10.0 Å². The minimum Gasteiger partial charge on any atom is -0.371 e. The Bertz CT molecular complexity index is 929. The van der Waals surface area contributed by atoms with Crippen LogP contribution in [0.15, 0.2) is 46.0 Å². The van der Waals surface area contributed by atoms with Crippen LogP contribution in [0.2, 0.25) is 0 Å². The van der Waals surface area contributed by atoms with Crippen molar-refractivity contribution >= 4 is 27.0 Å². The van der Waals surface area contributed by atoms with Gasteiger partial charge in [0.25, 0.3) is 0 Å². The predicted molar refractivity (Wildman–Crippen MR) is 113 cm³/mol. The number of para-hydroxylation sites is 1. The Kier molecular flexibility index (Phi) is 4.95. The molecule has 5 nitrogen and oxygen atoms in total. The number of hydrogen-bond acceptors (Lipinski definition) is 5. The minimum absolute atomic E-state index is 0.329.